The second kappa shape index (κ2) is 10.1. The van der Waals surface area contributed by atoms with Gasteiger partial charge in [-0.3, -0.25) is 19.1 Å². The number of benzene rings is 2. The smallest absolute Gasteiger partial charge is 0.296 e. The van der Waals surface area contributed by atoms with E-state index in [0.717, 1.165) is 6.54 Å². The maximum absolute atomic E-state index is 13.1. The van der Waals surface area contributed by atoms with Gasteiger partial charge in [0.05, 0.1) is 6.04 Å². The standard InChI is InChI=1S/C25H28FN5O3/c1-29(15-18-6-4-3-5-7-18)16-20-23-28-21(22(32)25(34)31(23)13-12-30(20)2)24(33)27-14-17-8-10-19(26)11-9-17/h3-11,20,32H,12-16H2,1-2H3,(H,27,33). The number of amides is 1. The molecule has 0 radical (unpaired) electrons. The number of nitrogens with one attached hydrogen (secondary N) is 1. The number of aromatic hydroxyl groups is 1. The summed E-state index contributed by atoms with van der Waals surface area (Å²) < 4.78 is 14.6. The Morgan fingerprint density at radius 1 is 1.15 bits per heavy atom. The van der Waals surface area contributed by atoms with Crippen LogP contribution in [0, 0.1) is 5.82 Å². The van der Waals surface area contributed by atoms with E-state index in [4.69, 9.17) is 0 Å². The van der Waals surface area contributed by atoms with Crippen LogP contribution in [0.1, 0.15) is 33.5 Å². The number of halogens is 1. The molecule has 3 aromatic rings. The summed E-state index contributed by atoms with van der Waals surface area (Å²) in [5.41, 5.74) is 0.926. The zero-order chi connectivity index (χ0) is 24.2. The fourth-order valence-corrected chi connectivity index (χ4v) is 4.14. The Morgan fingerprint density at radius 3 is 2.56 bits per heavy atom. The first kappa shape index (κ1) is 23.6. The molecule has 4 rings (SSSR count). The van der Waals surface area contributed by atoms with Crippen LogP contribution in [0.3, 0.4) is 0 Å². The van der Waals surface area contributed by atoms with E-state index in [0.29, 0.717) is 31.0 Å². The van der Waals surface area contributed by atoms with Gasteiger partial charge >= 0.3 is 0 Å². The number of hydrogen-bond donors (Lipinski definition) is 2. The first-order chi connectivity index (χ1) is 16.3. The van der Waals surface area contributed by atoms with E-state index in [2.05, 4.69) is 32.2 Å². The normalized spacial score (nSPS) is 15.8. The van der Waals surface area contributed by atoms with Crippen molar-refractivity contribution in [3.8, 4) is 5.75 Å². The van der Waals surface area contributed by atoms with E-state index in [1.165, 1.54) is 22.3 Å². The van der Waals surface area contributed by atoms with E-state index in [9.17, 15) is 19.1 Å². The lowest BCUT2D eigenvalue weighted by Gasteiger charge is -2.36. The highest BCUT2D eigenvalue weighted by Crippen LogP contribution is 2.25. The third-order valence-corrected chi connectivity index (χ3v) is 6.04. The molecule has 0 saturated heterocycles. The molecule has 1 atom stereocenters. The van der Waals surface area contributed by atoms with Crippen LogP contribution in [0.5, 0.6) is 5.75 Å². The Balaban J connectivity index is 1.57. The highest BCUT2D eigenvalue weighted by atomic mass is 19.1. The summed E-state index contributed by atoms with van der Waals surface area (Å²) >= 11 is 0. The second-order valence-corrected chi connectivity index (χ2v) is 8.61. The number of rotatable bonds is 7. The van der Waals surface area contributed by atoms with Crippen LogP contribution in [0.15, 0.2) is 59.4 Å². The zero-order valence-corrected chi connectivity index (χ0v) is 19.2. The van der Waals surface area contributed by atoms with E-state index >= 15 is 0 Å². The summed E-state index contributed by atoms with van der Waals surface area (Å²) in [4.78, 5) is 34.4. The van der Waals surface area contributed by atoms with E-state index < -0.39 is 17.2 Å². The molecule has 0 fully saturated rings. The summed E-state index contributed by atoms with van der Waals surface area (Å²) in [5.74, 6) is -1.25. The molecule has 0 spiro atoms. The van der Waals surface area contributed by atoms with Crippen molar-refractivity contribution in [1.29, 1.82) is 0 Å². The van der Waals surface area contributed by atoms with Gasteiger partial charge in [-0.1, -0.05) is 42.5 Å². The highest BCUT2D eigenvalue weighted by molar-refractivity contribution is 5.94. The third-order valence-electron chi connectivity index (χ3n) is 6.04. The van der Waals surface area contributed by atoms with Crippen LogP contribution in [-0.2, 0) is 19.6 Å². The Hall–Kier alpha value is -3.56. The molecule has 178 valence electrons. The van der Waals surface area contributed by atoms with Gasteiger partial charge in [-0.25, -0.2) is 9.37 Å². The minimum Gasteiger partial charge on any atom is -0.501 e. The lowest BCUT2D eigenvalue weighted by atomic mass is 10.1. The average molecular weight is 466 g/mol. The summed E-state index contributed by atoms with van der Waals surface area (Å²) in [7, 11) is 3.95. The molecule has 2 aromatic carbocycles. The molecule has 1 aliphatic rings. The second-order valence-electron chi connectivity index (χ2n) is 8.61. The van der Waals surface area contributed by atoms with Crippen molar-refractivity contribution >= 4 is 5.91 Å². The van der Waals surface area contributed by atoms with Gasteiger partial charge in [-0.15, -0.1) is 0 Å². The topological polar surface area (TPSA) is 90.7 Å². The first-order valence-corrected chi connectivity index (χ1v) is 11.1. The fraction of sp³-hybridized carbons (Fsp3) is 0.320. The van der Waals surface area contributed by atoms with Crippen molar-refractivity contribution in [2.45, 2.75) is 25.7 Å². The summed E-state index contributed by atoms with van der Waals surface area (Å²) in [6.07, 6.45) is 0. The van der Waals surface area contributed by atoms with Crippen LogP contribution in [-0.4, -0.2) is 57.5 Å². The SMILES string of the molecule is CN(Cc1ccccc1)CC1c2nc(C(=O)NCc3ccc(F)cc3)c(O)c(=O)n2CCN1C. The van der Waals surface area contributed by atoms with Gasteiger partial charge in [0.15, 0.2) is 5.69 Å². The lowest BCUT2D eigenvalue weighted by molar-refractivity contribution is 0.0936. The molecule has 2 N–H and O–H groups in total. The molecule has 1 amide bonds. The van der Waals surface area contributed by atoms with Crippen molar-refractivity contribution in [3.63, 3.8) is 0 Å². The minimum atomic E-state index is -0.665. The van der Waals surface area contributed by atoms with Crippen molar-refractivity contribution in [2.24, 2.45) is 0 Å². The largest absolute Gasteiger partial charge is 0.501 e. The number of likely N-dealkylation sites (N-methyl/N-ethyl adjacent to an activating group) is 2. The van der Waals surface area contributed by atoms with E-state index in [-0.39, 0.29) is 24.1 Å². The van der Waals surface area contributed by atoms with Crippen LogP contribution < -0.4 is 10.9 Å². The Kier molecular flexibility index (Phi) is 7.04. The van der Waals surface area contributed by atoms with Gasteiger partial charge in [0.2, 0.25) is 5.75 Å². The van der Waals surface area contributed by atoms with E-state index in [1.54, 1.807) is 12.1 Å². The van der Waals surface area contributed by atoms with Gasteiger partial charge in [0.1, 0.15) is 11.6 Å². The van der Waals surface area contributed by atoms with Gasteiger partial charge in [0, 0.05) is 32.7 Å². The molecule has 34 heavy (non-hydrogen) atoms. The predicted octanol–water partition coefficient (Wildman–Crippen LogP) is 2.14. The third kappa shape index (κ3) is 5.16. The molecular formula is C25H28FN5O3. The molecule has 0 saturated carbocycles. The molecule has 1 unspecified atom stereocenters. The summed E-state index contributed by atoms with van der Waals surface area (Å²) in [6.45, 7) is 2.41. The summed E-state index contributed by atoms with van der Waals surface area (Å²) in [6, 6.07) is 15.5. The van der Waals surface area contributed by atoms with Crippen molar-refractivity contribution in [3.05, 3.63) is 93.4 Å². The number of carbonyl (C=O) groups is 1. The van der Waals surface area contributed by atoms with E-state index in [1.807, 2.05) is 32.3 Å². The molecule has 1 aliphatic heterocycles. The molecule has 2 heterocycles. The molecule has 8 nitrogen and oxygen atoms in total. The minimum absolute atomic E-state index is 0.113. The van der Waals surface area contributed by atoms with Crippen molar-refractivity contribution in [1.82, 2.24) is 24.7 Å². The van der Waals surface area contributed by atoms with Gasteiger partial charge in [-0.05, 0) is 37.4 Å². The maximum Gasteiger partial charge on any atom is 0.296 e. The van der Waals surface area contributed by atoms with Gasteiger partial charge in [0.25, 0.3) is 11.5 Å². The molecule has 0 bridgehead atoms. The monoisotopic (exact) mass is 465 g/mol. The molecule has 1 aromatic heterocycles. The van der Waals surface area contributed by atoms with Crippen LogP contribution in [0.4, 0.5) is 4.39 Å². The molecule has 9 heteroatoms. The maximum atomic E-state index is 13.1. The van der Waals surface area contributed by atoms with Crippen LogP contribution in [0.2, 0.25) is 0 Å². The highest BCUT2D eigenvalue weighted by Gasteiger charge is 2.31. The Labute approximate surface area is 197 Å². The quantitative estimate of drug-likeness (QED) is 0.556. The summed E-state index contributed by atoms with van der Waals surface area (Å²) in [5, 5.41) is 13.1. The molecular weight excluding hydrogens is 437 g/mol. The lowest BCUT2D eigenvalue weighted by Crippen LogP contribution is -2.46. The average Bonchev–Trinajstić information content (AvgIpc) is 2.83. The van der Waals surface area contributed by atoms with Crippen molar-refractivity contribution < 1.29 is 14.3 Å². The number of carbonyl (C=O) groups excluding carboxylic acids is 1. The van der Waals surface area contributed by atoms with Gasteiger partial charge < -0.3 is 15.3 Å². The zero-order valence-electron chi connectivity index (χ0n) is 19.2. The Morgan fingerprint density at radius 2 is 1.85 bits per heavy atom. The molecule has 0 aliphatic carbocycles. The van der Waals surface area contributed by atoms with Crippen LogP contribution >= 0.6 is 0 Å². The fourth-order valence-electron chi connectivity index (χ4n) is 4.14. The van der Waals surface area contributed by atoms with Crippen molar-refractivity contribution in [2.75, 3.05) is 27.2 Å². The number of aromatic nitrogens is 2. The Bertz CT molecular complexity index is 1210. The van der Waals surface area contributed by atoms with Gasteiger partial charge in [-0.2, -0.15) is 0 Å². The first-order valence-electron chi connectivity index (χ1n) is 11.1. The van der Waals surface area contributed by atoms with Crippen LogP contribution in [0.25, 0.3) is 0 Å². The number of hydrogen-bond acceptors (Lipinski definition) is 6. The number of fused-ring (bicyclic) bond motifs is 1. The number of nitrogens with zero attached hydrogens (tertiary/aromatic N) is 4. The predicted molar refractivity (Wildman–Crippen MR) is 126 cm³/mol.